The molecule has 0 saturated carbocycles. The van der Waals surface area contributed by atoms with Crippen LogP contribution < -0.4 is 0 Å². The molecule has 0 aliphatic carbocycles. The molecule has 0 fully saturated rings. The van der Waals surface area contributed by atoms with Crippen LogP contribution >= 0.6 is 0 Å². The lowest BCUT2D eigenvalue weighted by molar-refractivity contribution is -0.394. The van der Waals surface area contributed by atoms with Crippen molar-refractivity contribution in [1.29, 1.82) is 0 Å². The molecule has 0 bridgehead atoms. The molecule has 0 heterocycles. The predicted octanol–water partition coefficient (Wildman–Crippen LogP) is 6.43. The average Bonchev–Trinajstić information content (AvgIpc) is 2.53. The Bertz CT molecular complexity index is 557. The number of unbranched alkanes of at least 4 members (excludes halogenated alkanes) is 5. The van der Waals surface area contributed by atoms with Gasteiger partial charge in [0.15, 0.2) is 0 Å². The fraction of sp³-hybridized carbons (Fsp3) is 0.727. The minimum absolute atomic E-state index is 0.252. The maximum Gasteiger partial charge on any atom is 0.288 e. The molecule has 0 spiro atoms. The summed E-state index contributed by atoms with van der Waals surface area (Å²) < 4.78 is 53.7. The molecule has 0 aromatic heterocycles. The number of hydrogen-bond donors (Lipinski definition) is 1. The molecule has 0 aliphatic rings. The molecule has 6 heteroatoms. The number of ether oxygens (including phenoxy) is 2. The number of aliphatic hydroxyl groups is 1. The summed E-state index contributed by atoms with van der Waals surface area (Å²) in [6, 6.07) is 1.25. The second-order valence-corrected chi connectivity index (χ2v) is 7.86. The van der Waals surface area contributed by atoms with Gasteiger partial charge < -0.3 is 14.6 Å². The van der Waals surface area contributed by atoms with Crippen LogP contribution in [0.3, 0.4) is 0 Å². The van der Waals surface area contributed by atoms with Gasteiger partial charge in [-0.25, -0.2) is 13.2 Å². The number of halogens is 3. The molecule has 28 heavy (non-hydrogen) atoms. The standard InChI is InChI=1S/C22H35F3O3/c1-6-7-8-9-10-11-12-18(21-19(24)13-17(23)14-20(21)25)22(26,27-15(2)3)28-16(4)5/h13-16,18,26H,6-12H2,1-5H3. The van der Waals surface area contributed by atoms with Crippen molar-refractivity contribution in [2.24, 2.45) is 0 Å². The summed E-state index contributed by atoms with van der Waals surface area (Å²) >= 11 is 0. The Morgan fingerprint density at radius 1 is 0.857 bits per heavy atom. The van der Waals surface area contributed by atoms with Crippen LogP contribution in [0.2, 0.25) is 0 Å². The molecule has 0 saturated heterocycles. The number of hydrogen-bond acceptors (Lipinski definition) is 3. The Kier molecular flexibility index (Phi) is 10.5. The van der Waals surface area contributed by atoms with E-state index in [0.717, 1.165) is 32.1 Å². The van der Waals surface area contributed by atoms with E-state index in [1.807, 2.05) is 0 Å². The van der Waals surface area contributed by atoms with Crippen LogP contribution in [-0.2, 0) is 9.47 Å². The van der Waals surface area contributed by atoms with E-state index in [4.69, 9.17) is 9.47 Å². The molecule has 1 aromatic carbocycles. The van der Waals surface area contributed by atoms with Crippen molar-refractivity contribution < 1.29 is 27.8 Å². The first-order chi connectivity index (χ1) is 13.1. The summed E-state index contributed by atoms with van der Waals surface area (Å²) in [7, 11) is 0. The smallest absolute Gasteiger partial charge is 0.288 e. The Hall–Kier alpha value is -1.11. The second-order valence-electron chi connectivity index (χ2n) is 7.86. The maximum absolute atomic E-state index is 14.5. The van der Waals surface area contributed by atoms with Crippen LogP contribution in [0.5, 0.6) is 0 Å². The van der Waals surface area contributed by atoms with Gasteiger partial charge in [0.2, 0.25) is 0 Å². The van der Waals surface area contributed by atoms with E-state index in [1.54, 1.807) is 27.7 Å². The van der Waals surface area contributed by atoms with Gasteiger partial charge in [-0.15, -0.1) is 0 Å². The van der Waals surface area contributed by atoms with E-state index in [-0.39, 0.29) is 6.42 Å². The monoisotopic (exact) mass is 404 g/mol. The molecule has 0 amide bonds. The van der Waals surface area contributed by atoms with Crippen molar-refractivity contribution in [3.8, 4) is 0 Å². The third kappa shape index (κ3) is 7.72. The zero-order chi connectivity index (χ0) is 21.3. The molecular formula is C22H35F3O3. The van der Waals surface area contributed by atoms with Crippen molar-refractivity contribution in [3.05, 3.63) is 35.1 Å². The van der Waals surface area contributed by atoms with Crippen LogP contribution in [-0.4, -0.2) is 23.3 Å². The molecular weight excluding hydrogens is 369 g/mol. The third-order valence-electron chi connectivity index (χ3n) is 4.49. The van der Waals surface area contributed by atoms with Gasteiger partial charge in [0, 0.05) is 17.7 Å². The lowest BCUT2D eigenvalue weighted by Gasteiger charge is -2.38. The summed E-state index contributed by atoms with van der Waals surface area (Å²) in [5, 5.41) is 11.2. The summed E-state index contributed by atoms with van der Waals surface area (Å²) in [5.74, 6) is -6.44. The van der Waals surface area contributed by atoms with Crippen LogP contribution in [0.25, 0.3) is 0 Å². The summed E-state index contributed by atoms with van der Waals surface area (Å²) in [5.41, 5.74) is -0.404. The fourth-order valence-electron chi connectivity index (χ4n) is 3.39. The largest absolute Gasteiger partial charge is 0.343 e. The summed E-state index contributed by atoms with van der Waals surface area (Å²) in [6.07, 6.45) is 5.22. The summed E-state index contributed by atoms with van der Waals surface area (Å²) in [4.78, 5) is 0. The van der Waals surface area contributed by atoms with Crippen molar-refractivity contribution in [1.82, 2.24) is 0 Å². The second kappa shape index (κ2) is 11.8. The highest BCUT2D eigenvalue weighted by Gasteiger charge is 2.44. The van der Waals surface area contributed by atoms with Crippen LogP contribution in [0.15, 0.2) is 12.1 Å². The van der Waals surface area contributed by atoms with Gasteiger partial charge in [-0.3, -0.25) is 0 Å². The van der Waals surface area contributed by atoms with Crippen LogP contribution in [0, 0.1) is 17.5 Å². The van der Waals surface area contributed by atoms with Gasteiger partial charge in [-0.05, 0) is 34.1 Å². The molecule has 1 rings (SSSR count). The minimum atomic E-state index is -2.22. The van der Waals surface area contributed by atoms with Crippen molar-refractivity contribution in [2.45, 2.75) is 104 Å². The number of benzene rings is 1. The Morgan fingerprint density at radius 3 is 1.79 bits per heavy atom. The molecule has 0 aliphatic heterocycles. The normalized spacial score (nSPS) is 13.5. The van der Waals surface area contributed by atoms with Crippen molar-refractivity contribution >= 4 is 0 Å². The molecule has 1 unspecified atom stereocenters. The van der Waals surface area contributed by atoms with E-state index < -0.39 is 47.1 Å². The highest BCUT2D eigenvalue weighted by molar-refractivity contribution is 5.26. The lowest BCUT2D eigenvalue weighted by atomic mass is 9.89. The molecule has 1 N–H and O–H groups in total. The lowest BCUT2D eigenvalue weighted by Crippen LogP contribution is -2.46. The van der Waals surface area contributed by atoms with E-state index >= 15 is 0 Å². The molecule has 0 radical (unpaired) electrons. The quantitative estimate of drug-likeness (QED) is 0.304. The third-order valence-corrected chi connectivity index (χ3v) is 4.49. The van der Waals surface area contributed by atoms with E-state index in [1.165, 1.54) is 0 Å². The highest BCUT2D eigenvalue weighted by Crippen LogP contribution is 2.39. The Balaban J connectivity index is 3.18. The van der Waals surface area contributed by atoms with E-state index in [2.05, 4.69) is 6.92 Å². The average molecular weight is 405 g/mol. The fourth-order valence-corrected chi connectivity index (χ4v) is 3.39. The molecule has 162 valence electrons. The molecule has 3 nitrogen and oxygen atoms in total. The van der Waals surface area contributed by atoms with E-state index in [9.17, 15) is 18.3 Å². The maximum atomic E-state index is 14.5. The summed E-state index contributed by atoms with van der Waals surface area (Å²) in [6.45, 7) is 8.94. The SMILES string of the molecule is CCCCCCCCC(c1c(F)cc(F)cc1F)C(O)(OC(C)C)OC(C)C. The van der Waals surface area contributed by atoms with Crippen molar-refractivity contribution in [2.75, 3.05) is 0 Å². The van der Waals surface area contributed by atoms with Gasteiger partial charge >= 0.3 is 0 Å². The van der Waals surface area contributed by atoms with E-state index in [0.29, 0.717) is 18.6 Å². The molecule has 1 aromatic rings. The Labute approximate surface area is 167 Å². The molecule has 1 atom stereocenters. The zero-order valence-corrected chi connectivity index (χ0v) is 17.7. The van der Waals surface area contributed by atoms with Gasteiger partial charge in [-0.1, -0.05) is 45.4 Å². The first-order valence-corrected chi connectivity index (χ1v) is 10.3. The topological polar surface area (TPSA) is 38.7 Å². The van der Waals surface area contributed by atoms with Crippen LogP contribution in [0.4, 0.5) is 13.2 Å². The van der Waals surface area contributed by atoms with Crippen LogP contribution in [0.1, 0.15) is 91.0 Å². The van der Waals surface area contributed by atoms with Gasteiger partial charge in [0.25, 0.3) is 5.97 Å². The van der Waals surface area contributed by atoms with Gasteiger partial charge in [-0.2, -0.15) is 0 Å². The number of rotatable bonds is 13. The minimum Gasteiger partial charge on any atom is -0.343 e. The van der Waals surface area contributed by atoms with Gasteiger partial charge in [0.05, 0.1) is 18.1 Å². The van der Waals surface area contributed by atoms with Gasteiger partial charge in [0.1, 0.15) is 17.5 Å². The van der Waals surface area contributed by atoms with Crippen molar-refractivity contribution in [3.63, 3.8) is 0 Å². The highest BCUT2D eigenvalue weighted by atomic mass is 19.1. The zero-order valence-electron chi connectivity index (χ0n) is 17.7. The Morgan fingerprint density at radius 2 is 1.32 bits per heavy atom. The predicted molar refractivity (Wildman–Crippen MR) is 104 cm³/mol. The first kappa shape index (κ1) is 24.9. The first-order valence-electron chi connectivity index (χ1n) is 10.3.